The number of rotatable bonds is 7. The van der Waals surface area contributed by atoms with Crippen LogP contribution in [0.5, 0.6) is 0 Å². The van der Waals surface area contributed by atoms with E-state index in [1.165, 1.54) is 106 Å². The van der Waals surface area contributed by atoms with Crippen LogP contribution in [0.4, 0.5) is 17.1 Å². The molecular weight excluding hydrogens is 823 g/mol. The number of nitrogens with zero attached hydrogens (tertiary/aromatic N) is 1. The molecule has 65 heavy (non-hydrogen) atoms. The first-order valence-corrected chi connectivity index (χ1v) is 23.8. The largest absolute Gasteiger partial charge is 0.310 e. The fourth-order valence-electron chi connectivity index (χ4n) is 9.84. The van der Waals surface area contributed by atoms with E-state index in [2.05, 4.69) is 241 Å². The van der Waals surface area contributed by atoms with E-state index in [4.69, 9.17) is 0 Å². The summed E-state index contributed by atoms with van der Waals surface area (Å²) >= 11 is 3.77. The van der Waals surface area contributed by atoms with Crippen molar-refractivity contribution < 1.29 is 0 Å². The Kier molecular flexibility index (Phi) is 8.97. The Bertz CT molecular complexity index is 3920. The lowest BCUT2D eigenvalue weighted by molar-refractivity contribution is 1.31. The summed E-state index contributed by atoms with van der Waals surface area (Å²) in [6, 6.07) is 87.2. The van der Waals surface area contributed by atoms with Gasteiger partial charge in [-0.2, -0.15) is 0 Å². The van der Waals surface area contributed by atoms with Crippen LogP contribution in [-0.2, 0) is 0 Å². The van der Waals surface area contributed by atoms with Crippen LogP contribution in [0.15, 0.2) is 237 Å². The minimum atomic E-state index is 1.11. The third-order valence-corrected chi connectivity index (χ3v) is 15.4. The monoisotopic (exact) mass is 861 g/mol. The second-order valence-electron chi connectivity index (χ2n) is 16.8. The Balaban J connectivity index is 1.01. The molecule has 0 atom stereocenters. The van der Waals surface area contributed by atoms with Gasteiger partial charge < -0.3 is 4.90 Å². The van der Waals surface area contributed by atoms with Crippen molar-refractivity contribution in [2.24, 2.45) is 0 Å². The van der Waals surface area contributed by atoms with Crippen molar-refractivity contribution in [3.05, 3.63) is 237 Å². The Morgan fingerprint density at radius 1 is 0.277 bits per heavy atom. The number of benzene rings is 11. The molecule has 3 heteroatoms. The molecule has 2 heterocycles. The molecular formula is C62H39NS2. The molecule has 0 fully saturated rings. The van der Waals surface area contributed by atoms with Crippen LogP contribution in [-0.4, -0.2) is 0 Å². The van der Waals surface area contributed by atoms with E-state index in [1.807, 2.05) is 22.7 Å². The Morgan fingerprint density at radius 3 is 1.54 bits per heavy atom. The Labute approximate surface area is 385 Å². The van der Waals surface area contributed by atoms with Crippen LogP contribution in [0, 0.1) is 0 Å². The first kappa shape index (κ1) is 37.7. The quantitative estimate of drug-likeness (QED) is 0.144. The molecule has 0 radical (unpaired) electrons. The zero-order chi connectivity index (χ0) is 42.8. The third-order valence-electron chi connectivity index (χ3n) is 13.1. The van der Waals surface area contributed by atoms with Gasteiger partial charge >= 0.3 is 0 Å². The van der Waals surface area contributed by atoms with Crippen LogP contribution < -0.4 is 4.90 Å². The van der Waals surface area contributed by atoms with Crippen molar-refractivity contribution in [2.45, 2.75) is 0 Å². The second-order valence-corrected chi connectivity index (χ2v) is 19.0. The molecule has 0 bridgehead atoms. The maximum absolute atomic E-state index is 2.49. The van der Waals surface area contributed by atoms with Gasteiger partial charge in [-0.25, -0.2) is 0 Å². The summed E-state index contributed by atoms with van der Waals surface area (Å²) in [5.41, 5.74) is 13.2. The molecule has 1 nitrogen and oxygen atoms in total. The van der Waals surface area contributed by atoms with Crippen molar-refractivity contribution in [3.8, 4) is 44.5 Å². The van der Waals surface area contributed by atoms with Gasteiger partial charge in [0.1, 0.15) is 0 Å². The minimum absolute atomic E-state index is 1.11. The average Bonchev–Trinajstić information content (AvgIpc) is 3.95. The van der Waals surface area contributed by atoms with Crippen molar-refractivity contribution in [1.82, 2.24) is 0 Å². The highest BCUT2D eigenvalue weighted by molar-refractivity contribution is 7.26. The van der Waals surface area contributed by atoms with Gasteiger partial charge in [0.05, 0.1) is 5.69 Å². The van der Waals surface area contributed by atoms with Crippen molar-refractivity contribution in [3.63, 3.8) is 0 Å². The average molecular weight is 862 g/mol. The smallest absolute Gasteiger partial charge is 0.0555 e. The van der Waals surface area contributed by atoms with E-state index < -0.39 is 0 Å². The van der Waals surface area contributed by atoms with Gasteiger partial charge in [0.15, 0.2) is 0 Å². The molecule has 13 rings (SSSR count). The maximum Gasteiger partial charge on any atom is 0.0555 e. The van der Waals surface area contributed by atoms with Gasteiger partial charge in [0.25, 0.3) is 0 Å². The molecule has 0 aliphatic rings. The highest BCUT2D eigenvalue weighted by atomic mass is 32.1. The molecule has 0 aliphatic carbocycles. The fraction of sp³-hybridized carbons (Fsp3) is 0. The third kappa shape index (κ3) is 6.51. The lowest BCUT2D eigenvalue weighted by Crippen LogP contribution is -2.10. The van der Waals surface area contributed by atoms with E-state index >= 15 is 0 Å². The van der Waals surface area contributed by atoms with Crippen LogP contribution >= 0.6 is 22.7 Å². The lowest BCUT2D eigenvalue weighted by atomic mass is 9.97. The van der Waals surface area contributed by atoms with Crippen LogP contribution in [0.1, 0.15) is 0 Å². The van der Waals surface area contributed by atoms with Gasteiger partial charge in [-0.3, -0.25) is 0 Å². The van der Waals surface area contributed by atoms with Gasteiger partial charge in [-0.15, -0.1) is 22.7 Å². The molecule has 304 valence electrons. The zero-order valence-electron chi connectivity index (χ0n) is 35.3. The molecule has 0 spiro atoms. The zero-order valence-corrected chi connectivity index (χ0v) is 36.9. The van der Waals surface area contributed by atoms with Gasteiger partial charge in [-0.05, 0) is 121 Å². The van der Waals surface area contributed by atoms with Crippen molar-refractivity contribution in [1.29, 1.82) is 0 Å². The summed E-state index contributed by atoms with van der Waals surface area (Å²) in [6.45, 7) is 0. The van der Waals surface area contributed by atoms with E-state index in [-0.39, 0.29) is 0 Å². The topological polar surface area (TPSA) is 3.24 Å². The predicted octanol–water partition coefficient (Wildman–Crippen LogP) is 18.9. The SMILES string of the molecule is c1ccc(-c2ccc3c(c2)sc2ccc(N(c4ccc(-c5ccc6c(ccc7ccccc76)c5)cc4)c4ccc(-c5ccccc5)c5sc6cc(-c7ccccc7)ccc6c45)cc23)cc1. The maximum atomic E-state index is 2.49. The number of anilines is 3. The van der Waals surface area contributed by atoms with Crippen molar-refractivity contribution >= 4 is 102 Å². The summed E-state index contributed by atoms with van der Waals surface area (Å²) < 4.78 is 5.14. The summed E-state index contributed by atoms with van der Waals surface area (Å²) in [6.07, 6.45) is 0. The van der Waals surface area contributed by atoms with Crippen molar-refractivity contribution in [2.75, 3.05) is 4.90 Å². The molecule has 0 unspecified atom stereocenters. The molecule has 2 aromatic heterocycles. The molecule has 0 aliphatic heterocycles. The molecule has 0 saturated carbocycles. The second kappa shape index (κ2) is 15.5. The predicted molar refractivity (Wildman–Crippen MR) is 284 cm³/mol. The van der Waals surface area contributed by atoms with E-state index in [9.17, 15) is 0 Å². The number of hydrogen-bond donors (Lipinski definition) is 0. The summed E-state index contributed by atoms with van der Waals surface area (Å²) in [7, 11) is 0. The van der Waals surface area contributed by atoms with E-state index in [0.717, 1.165) is 17.1 Å². The summed E-state index contributed by atoms with van der Waals surface area (Å²) in [5, 5.41) is 10.2. The number of hydrogen-bond acceptors (Lipinski definition) is 3. The fourth-order valence-corrected chi connectivity index (χ4v) is 12.3. The normalized spacial score (nSPS) is 11.7. The Hall–Kier alpha value is -7.82. The van der Waals surface area contributed by atoms with Crippen LogP contribution in [0.2, 0.25) is 0 Å². The van der Waals surface area contributed by atoms with Crippen LogP contribution in [0.3, 0.4) is 0 Å². The lowest BCUT2D eigenvalue weighted by Gasteiger charge is -2.27. The standard InChI is InChI=1S/C62H39NS2/c1-4-12-40(13-5-1)46-25-31-54-56-39-50(29-35-58(56)64-59(54)37-46)63(49-27-22-42(23-28-49)45-24-30-52-48(36-45)21-20-44-18-10-11-19-51(44)52)57-34-33-53(43-16-8-3-9-17-43)62-61(57)55-32-26-47(38-60(55)65-62)41-14-6-2-7-15-41/h1-39H. The summed E-state index contributed by atoms with van der Waals surface area (Å²) in [5.74, 6) is 0. The van der Waals surface area contributed by atoms with Crippen LogP contribution in [0.25, 0.3) is 106 Å². The first-order valence-electron chi connectivity index (χ1n) is 22.1. The first-order chi connectivity index (χ1) is 32.2. The number of thiophene rings is 2. The Morgan fingerprint density at radius 2 is 0.815 bits per heavy atom. The minimum Gasteiger partial charge on any atom is -0.310 e. The molecule has 0 N–H and O–H groups in total. The highest BCUT2D eigenvalue weighted by Gasteiger charge is 2.22. The molecule has 11 aromatic carbocycles. The van der Waals surface area contributed by atoms with Gasteiger partial charge in [0.2, 0.25) is 0 Å². The number of fused-ring (bicyclic) bond motifs is 9. The molecule has 13 aromatic rings. The molecule has 0 saturated heterocycles. The highest BCUT2D eigenvalue weighted by Crippen LogP contribution is 2.50. The van der Waals surface area contributed by atoms with Gasteiger partial charge in [-0.1, -0.05) is 182 Å². The van der Waals surface area contributed by atoms with E-state index in [1.54, 1.807) is 0 Å². The van der Waals surface area contributed by atoms with Gasteiger partial charge in [0, 0.05) is 51.7 Å². The molecule has 0 amide bonds. The van der Waals surface area contributed by atoms with E-state index in [0.29, 0.717) is 0 Å². The summed E-state index contributed by atoms with van der Waals surface area (Å²) in [4.78, 5) is 2.49.